The number of benzene rings is 1. The molecule has 0 aliphatic rings. The SMILES string of the molecule is O=C(C=Cc1ccc2[nH]cnc2c1)NO. The summed E-state index contributed by atoms with van der Waals surface area (Å²) < 4.78 is 0. The number of hydrogen-bond acceptors (Lipinski definition) is 3. The van der Waals surface area contributed by atoms with Crippen molar-refractivity contribution in [3.05, 3.63) is 36.2 Å². The number of carbonyl (C=O) groups is 1. The number of aromatic amines is 1. The lowest BCUT2D eigenvalue weighted by Gasteiger charge is -1.93. The quantitative estimate of drug-likeness (QED) is 0.388. The van der Waals surface area contributed by atoms with Gasteiger partial charge in [0.15, 0.2) is 0 Å². The van der Waals surface area contributed by atoms with Crippen molar-refractivity contribution in [2.45, 2.75) is 0 Å². The largest absolute Gasteiger partial charge is 0.345 e. The Labute approximate surface area is 85.4 Å². The molecule has 2 aromatic rings. The molecule has 1 aromatic heterocycles. The van der Waals surface area contributed by atoms with Crippen LogP contribution in [0.25, 0.3) is 17.1 Å². The Kier molecular flexibility index (Phi) is 2.47. The molecule has 0 bridgehead atoms. The summed E-state index contributed by atoms with van der Waals surface area (Å²) in [7, 11) is 0. The van der Waals surface area contributed by atoms with Crippen LogP contribution < -0.4 is 5.48 Å². The molecule has 0 saturated carbocycles. The molecule has 2 rings (SSSR count). The highest BCUT2D eigenvalue weighted by Crippen LogP contribution is 2.12. The van der Waals surface area contributed by atoms with Crippen LogP contribution >= 0.6 is 0 Å². The van der Waals surface area contributed by atoms with Crippen molar-refractivity contribution in [2.75, 3.05) is 0 Å². The van der Waals surface area contributed by atoms with E-state index in [1.807, 2.05) is 18.2 Å². The van der Waals surface area contributed by atoms with E-state index in [9.17, 15) is 4.79 Å². The van der Waals surface area contributed by atoms with Crippen LogP contribution in [0.5, 0.6) is 0 Å². The van der Waals surface area contributed by atoms with Crippen molar-refractivity contribution >= 4 is 23.0 Å². The van der Waals surface area contributed by atoms with Crippen molar-refractivity contribution in [3.63, 3.8) is 0 Å². The predicted molar refractivity (Wildman–Crippen MR) is 55.1 cm³/mol. The summed E-state index contributed by atoms with van der Waals surface area (Å²) >= 11 is 0. The van der Waals surface area contributed by atoms with Gasteiger partial charge in [0, 0.05) is 6.08 Å². The van der Waals surface area contributed by atoms with Crippen molar-refractivity contribution in [1.82, 2.24) is 15.4 Å². The molecule has 0 unspecified atom stereocenters. The normalized spacial score (nSPS) is 11.0. The Morgan fingerprint density at radius 1 is 1.53 bits per heavy atom. The van der Waals surface area contributed by atoms with Gasteiger partial charge in [-0.3, -0.25) is 10.0 Å². The Balaban J connectivity index is 2.28. The van der Waals surface area contributed by atoms with Gasteiger partial charge in [0.2, 0.25) is 0 Å². The lowest BCUT2D eigenvalue weighted by molar-refractivity contribution is -0.124. The molecular weight excluding hydrogens is 194 g/mol. The third kappa shape index (κ3) is 2.03. The highest BCUT2D eigenvalue weighted by Gasteiger charge is 1.96. The lowest BCUT2D eigenvalue weighted by Crippen LogP contribution is -2.14. The van der Waals surface area contributed by atoms with Crippen molar-refractivity contribution < 1.29 is 10.0 Å². The van der Waals surface area contributed by atoms with Crippen LogP contribution in [-0.4, -0.2) is 21.1 Å². The van der Waals surface area contributed by atoms with Gasteiger partial charge >= 0.3 is 0 Å². The molecule has 0 aliphatic carbocycles. The summed E-state index contributed by atoms with van der Waals surface area (Å²) in [6.45, 7) is 0. The first-order valence-corrected chi connectivity index (χ1v) is 4.35. The number of rotatable bonds is 2. The minimum absolute atomic E-state index is 0.558. The lowest BCUT2D eigenvalue weighted by atomic mass is 10.2. The van der Waals surface area contributed by atoms with Crippen molar-refractivity contribution in [1.29, 1.82) is 0 Å². The van der Waals surface area contributed by atoms with Crippen LogP contribution in [0.4, 0.5) is 0 Å². The monoisotopic (exact) mass is 203 g/mol. The minimum Gasteiger partial charge on any atom is -0.345 e. The van der Waals surface area contributed by atoms with Crippen LogP contribution in [0.1, 0.15) is 5.56 Å². The van der Waals surface area contributed by atoms with E-state index in [1.165, 1.54) is 11.6 Å². The first-order chi connectivity index (χ1) is 7.29. The number of aromatic nitrogens is 2. The van der Waals surface area contributed by atoms with Gasteiger partial charge in [-0.1, -0.05) is 6.07 Å². The van der Waals surface area contributed by atoms with E-state index >= 15 is 0 Å². The number of carbonyl (C=O) groups excluding carboxylic acids is 1. The molecular formula is C10H9N3O2. The van der Waals surface area contributed by atoms with E-state index < -0.39 is 5.91 Å². The molecule has 0 fully saturated rings. The fraction of sp³-hybridized carbons (Fsp3) is 0. The molecule has 0 atom stereocenters. The van der Waals surface area contributed by atoms with Gasteiger partial charge in [0.25, 0.3) is 5.91 Å². The van der Waals surface area contributed by atoms with Crippen molar-refractivity contribution in [2.24, 2.45) is 0 Å². The van der Waals surface area contributed by atoms with E-state index in [-0.39, 0.29) is 0 Å². The number of fused-ring (bicyclic) bond motifs is 1. The van der Waals surface area contributed by atoms with Crippen LogP contribution in [0.2, 0.25) is 0 Å². The molecule has 0 aliphatic heterocycles. The van der Waals surface area contributed by atoms with Crippen LogP contribution in [0.15, 0.2) is 30.6 Å². The maximum Gasteiger partial charge on any atom is 0.267 e. The van der Waals surface area contributed by atoms with Gasteiger partial charge in [-0.15, -0.1) is 0 Å². The van der Waals surface area contributed by atoms with Gasteiger partial charge in [-0.05, 0) is 23.8 Å². The standard InChI is InChI=1S/C10H9N3O2/c14-10(13-15)4-2-7-1-3-8-9(5-7)12-6-11-8/h1-6,15H,(H,11,12)(H,13,14). The summed E-state index contributed by atoms with van der Waals surface area (Å²) in [6.07, 6.45) is 4.45. The minimum atomic E-state index is -0.558. The number of hydrogen-bond donors (Lipinski definition) is 3. The van der Waals surface area contributed by atoms with Gasteiger partial charge in [0.1, 0.15) is 0 Å². The Morgan fingerprint density at radius 2 is 2.40 bits per heavy atom. The number of H-pyrrole nitrogens is 1. The van der Waals surface area contributed by atoms with Crippen LogP contribution in [-0.2, 0) is 4.79 Å². The number of nitrogens with one attached hydrogen (secondary N) is 2. The van der Waals surface area contributed by atoms with Gasteiger partial charge < -0.3 is 4.98 Å². The zero-order valence-electron chi connectivity index (χ0n) is 7.77. The second kappa shape index (κ2) is 3.93. The molecule has 1 heterocycles. The maximum atomic E-state index is 10.7. The fourth-order valence-corrected chi connectivity index (χ4v) is 1.26. The molecule has 1 amide bonds. The van der Waals surface area contributed by atoms with Gasteiger partial charge in [0.05, 0.1) is 17.4 Å². The summed E-state index contributed by atoms with van der Waals surface area (Å²) in [6, 6.07) is 5.56. The van der Waals surface area contributed by atoms with E-state index in [2.05, 4.69) is 9.97 Å². The number of hydroxylamine groups is 1. The van der Waals surface area contributed by atoms with Gasteiger partial charge in [-0.25, -0.2) is 10.5 Å². The van der Waals surface area contributed by atoms with Crippen molar-refractivity contribution in [3.8, 4) is 0 Å². The Hall–Kier alpha value is -2.14. The molecule has 1 aromatic carbocycles. The smallest absolute Gasteiger partial charge is 0.267 e. The van der Waals surface area contributed by atoms with Crippen LogP contribution in [0, 0.1) is 0 Å². The maximum absolute atomic E-state index is 10.7. The average molecular weight is 203 g/mol. The molecule has 0 radical (unpaired) electrons. The molecule has 0 saturated heterocycles. The number of nitrogens with zero attached hydrogens (tertiary/aromatic N) is 1. The first-order valence-electron chi connectivity index (χ1n) is 4.35. The molecule has 15 heavy (non-hydrogen) atoms. The highest BCUT2D eigenvalue weighted by molar-refractivity contribution is 5.91. The summed E-state index contributed by atoms with van der Waals surface area (Å²) in [5.41, 5.74) is 4.14. The first kappa shape index (κ1) is 9.42. The summed E-state index contributed by atoms with van der Waals surface area (Å²) in [5.74, 6) is -0.558. The highest BCUT2D eigenvalue weighted by atomic mass is 16.5. The summed E-state index contributed by atoms with van der Waals surface area (Å²) in [4.78, 5) is 17.8. The van der Waals surface area contributed by atoms with Gasteiger partial charge in [-0.2, -0.15) is 0 Å². The zero-order chi connectivity index (χ0) is 10.7. The second-order valence-electron chi connectivity index (χ2n) is 2.99. The van der Waals surface area contributed by atoms with Crippen LogP contribution in [0.3, 0.4) is 0 Å². The molecule has 5 nitrogen and oxygen atoms in total. The topological polar surface area (TPSA) is 78.0 Å². The van der Waals surface area contributed by atoms with E-state index in [1.54, 1.807) is 12.4 Å². The average Bonchev–Trinajstić information content (AvgIpc) is 2.72. The number of amides is 1. The van der Waals surface area contributed by atoms with E-state index in [4.69, 9.17) is 5.21 Å². The second-order valence-corrected chi connectivity index (χ2v) is 2.99. The van der Waals surface area contributed by atoms with E-state index in [0.717, 1.165) is 16.6 Å². The molecule has 3 N–H and O–H groups in total. The molecule has 0 spiro atoms. The zero-order valence-corrected chi connectivity index (χ0v) is 7.77. The Bertz CT molecular complexity index is 516. The Morgan fingerprint density at radius 3 is 3.20 bits per heavy atom. The van der Waals surface area contributed by atoms with E-state index in [0.29, 0.717) is 0 Å². The number of imidazole rings is 1. The third-order valence-corrected chi connectivity index (χ3v) is 1.98. The predicted octanol–water partition coefficient (Wildman–Crippen LogP) is 1.08. The molecule has 76 valence electrons. The summed E-state index contributed by atoms with van der Waals surface area (Å²) in [5, 5.41) is 8.28. The fourth-order valence-electron chi connectivity index (χ4n) is 1.26. The molecule has 5 heteroatoms. The third-order valence-electron chi connectivity index (χ3n) is 1.98.